The monoisotopic (exact) mass is 321 g/mol. The summed E-state index contributed by atoms with van der Waals surface area (Å²) < 4.78 is 5.13. The molecular weight excluding hydrogens is 302 g/mol. The summed E-state index contributed by atoms with van der Waals surface area (Å²) >= 11 is 0. The van der Waals surface area contributed by atoms with E-state index < -0.39 is 0 Å². The Kier molecular flexibility index (Phi) is 4.33. The molecule has 0 aliphatic carbocycles. The molecule has 0 radical (unpaired) electrons. The Hall–Kier alpha value is -3.08. The fourth-order valence-corrected chi connectivity index (χ4v) is 2.60. The maximum atomic E-state index is 12.5. The summed E-state index contributed by atoms with van der Waals surface area (Å²) in [6.07, 6.45) is 0. The number of hydrogen-bond donors (Lipinski definition) is 2. The Morgan fingerprint density at radius 1 is 1.08 bits per heavy atom. The second-order valence-electron chi connectivity index (χ2n) is 5.60. The van der Waals surface area contributed by atoms with Gasteiger partial charge in [-0.15, -0.1) is 0 Å². The summed E-state index contributed by atoms with van der Waals surface area (Å²) in [6, 6.07) is 15.2. The molecule has 0 atom stereocenters. The van der Waals surface area contributed by atoms with Crippen molar-refractivity contribution in [2.45, 2.75) is 13.8 Å². The molecule has 1 aromatic heterocycles. The number of methoxy groups -OCH3 is 1. The first-order valence-electron chi connectivity index (χ1n) is 7.66. The zero-order chi connectivity index (χ0) is 17.1. The first-order valence-corrected chi connectivity index (χ1v) is 7.66. The molecule has 0 saturated carbocycles. The predicted molar refractivity (Wildman–Crippen MR) is 96.0 cm³/mol. The van der Waals surface area contributed by atoms with Crippen molar-refractivity contribution in [3.05, 3.63) is 70.1 Å². The van der Waals surface area contributed by atoms with Crippen molar-refractivity contribution in [1.29, 1.82) is 0 Å². The minimum atomic E-state index is -0.163. The number of H-pyrrole nitrogens is 1. The highest BCUT2D eigenvalue weighted by Gasteiger charge is 2.11. The number of ether oxygens (including phenoxy) is 1. The van der Waals surface area contributed by atoms with Crippen LogP contribution in [0.4, 0.5) is 11.6 Å². The van der Waals surface area contributed by atoms with Crippen LogP contribution in [0.5, 0.6) is 5.75 Å². The number of nitrogens with zero attached hydrogens (tertiary/aromatic N) is 1. The van der Waals surface area contributed by atoms with Gasteiger partial charge in [-0.25, -0.2) is 4.98 Å². The van der Waals surface area contributed by atoms with Gasteiger partial charge in [0, 0.05) is 5.69 Å². The van der Waals surface area contributed by atoms with E-state index in [1.165, 1.54) is 0 Å². The third-order valence-corrected chi connectivity index (χ3v) is 3.76. The third kappa shape index (κ3) is 3.30. The molecule has 2 N–H and O–H groups in total. The fourth-order valence-electron chi connectivity index (χ4n) is 2.60. The smallest absolute Gasteiger partial charge is 0.260 e. The Morgan fingerprint density at radius 2 is 1.83 bits per heavy atom. The predicted octanol–water partition coefficient (Wildman–Crippen LogP) is 3.81. The van der Waals surface area contributed by atoms with Gasteiger partial charge in [0.15, 0.2) is 0 Å². The topological polar surface area (TPSA) is 67.0 Å². The molecule has 0 amide bonds. The SMILES string of the molecule is COc1ccc(Nc2nc(C)c(-c3cccc(C)c3)c(=O)[nH]2)cc1. The molecular formula is C19H19N3O2. The molecule has 24 heavy (non-hydrogen) atoms. The van der Waals surface area contributed by atoms with Gasteiger partial charge < -0.3 is 10.1 Å². The van der Waals surface area contributed by atoms with Gasteiger partial charge in [-0.3, -0.25) is 9.78 Å². The minimum Gasteiger partial charge on any atom is -0.497 e. The first-order chi connectivity index (χ1) is 11.6. The third-order valence-electron chi connectivity index (χ3n) is 3.76. The lowest BCUT2D eigenvalue weighted by Gasteiger charge is -2.10. The summed E-state index contributed by atoms with van der Waals surface area (Å²) in [5.41, 5.74) is 3.91. The van der Waals surface area contributed by atoms with Crippen molar-refractivity contribution in [2.75, 3.05) is 12.4 Å². The summed E-state index contributed by atoms with van der Waals surface area (Å²) in [6.45, 7) is 3.84. The second-order valence-corrected chi connectivity index (χ2v) is 5.60. The van der Waals surface area contributed by atoms with Crippen molar-refractivity contribution >= 4 is 11.6 Å². The molecule has 2 aromatic carbocycles. The summed E-state index contributed by atoms with van der Waals surface area (Å²) in [5.74, 6) is 1.19. The Balaban J connectivity index is 1.93. The maximum Gasteiger partial charge on any atom is 0.260 e. The highest BCUT2D eigenvalue weighted by atomic mass is 16.5. The van der Waals surface area contributed by atoms with Gasteiger partial charge in [0.25, 0.3) is 5.56 Å². The van der Waals surface area contributed by atoms with Crippen molar-refractivity contribution in [3.8, 4) is 16.9 Å². The van der Waals surface area contributed by atoms with E-state index in [2.05, 4.69) is 15.3 Å². The number of aromatic amines is 1. The second kappa shape index (κ2) is 6.58. The number of aromatic nitrogens is 2. The first kappa shape index (κ1) is 15.8. The average Bonchev–Trinajstić information content (AvgIpc) is 2.55. The zero-order valence-corrected chi connectivity index (χ0v) is 13.9. The van der Waals surface area contributed by atoms with Gasteiger partial charge in [0.2, 0.25) is 5.95 Å². The van der Waals surface area contributed by atoms with Crippen LogP contribution >= 0.6 is 0 Å². The molecule has 0 spiro atoms. The van der Waals surface area contributed by atoms with E-state index in [1.54, 1.807) is 7.11 Å². The Bertz CT molecular complexity index is 915. The molecule has 0 aliphatic rings. The van der Waals surface area contributed by atoms with Crippen LogP contribution < -0.4 is 15.6 Å². The molecule has 3 rings (SSSR count). The van der Waals surface area contributed by atoms with Crippen LogP contribution in [-0.4, -0.2) is 17.1 Å². The largest absolute Gasteiger partial charge is 0.497 e. The van der Waals surface area contributed by atoms with Crippen LogP contribution in [0.2, 0.25) is 0 Å². The number of nitrogens with one attached hydrogen (secondary N) is 2. The van der Waals surface area contributed by atoms with Crippen LogP contribution in [0.25, 0.3) is 11.1 Å². The van der Waals surface area contributed by atoms with Gasteiger partial charge in [0.1, 0.15) is 5.75 Å². The van der Waals surface area contributed by atoms with Crippen molar-refractivity contribution < 1.29 is 4.74 Å². The van der Waals surface area contributed by atoms with Crippen LogP contribution in [0, 0.1) is 13.8 Å². The van der Waals surface area contributed by atoms with E-state index in [0.717, 1.165) is 22.6 Å². The average molecular weight is 321 g/mol. The van der Waals surface area contributed by atoms with Gasteiger partial charge >= 0.3 is 0 Å². The van der Waals surface area contributed by atoms with E-state index in [-0.39, 0.29) is 5.56 Å². The highest BCUT2D eigenvalue weighted by Crippen LogP contribution is 2.21. The number of rotatable bonds is 4. The van der Waals surface area contributed by atoms with Crippen LogP contribution in [0.15, 0.2) is 53.3 Å². The number of hydrogen-bond acceptors (Lipinski definition) is 4. The van der Waals surface area contributed by atoms with E-state index >= 15 is 0 Å². The maximum absolute atomic E-state index is 12.5. The lowest BCUT2D eigenvalue weighted by atomic mass is 10.0. The van der Waals surface area contributed by atoms with Crippen molar-refractivity contribution in [1.82, 2.24) is 9.97 Å². The van der Waals surface area contributed by atoms with Crippen LogP contribution in [-0.2, 0) is 0 Å². The standard InChI is InChI=1S/C19H19N3O2/c1-12-5-4-6-14(11-12)17-13(2)20-19(22-18(17)23)21-15-7-9-16(24-3)10-8-15/h4-11H,1-3H3,(H2,20,21,22,23). The summed E-state index contributed by atoms with van der Waals surface area (Å²) in [7, 11) is 1.62. The van der Waals surface area contributed by atoms with Gasteiger partial charge in [-0.1, -0.05) is 29.8 Å². The van der Waals surface area contributed by atoms with Crippen LogP contribution in [0.3, 0.4) is 0 Å². The molecule has 3 aromatic rings. The molecule has 0 aliphatic heterocycles. The lowest BCUT2D eigenvalue weighted by Crippen LogP contribution is -2.15. The van der Waals surface area contributed by atoms with Gasteiger partial charge in [0.05, 0.1) is 18.4 Å². The van der Waals surface area contributed by atoms with E-state index in [0.29, 0.717) is 17.2 Å². The van der Waals surface area contributed by atoms with E-state index in [4.69, 9.17) is 4.74 Å². The normalized spacial score (nSPS) is 10.5. The van der Waals surface area contributed by atoms with Crippen molar-refractivity contribution in [3.63, 3.8) is 0 Å². The Morgan fingerprint density at radius 3 is 2.46 bits per heavy atom. The lowest BCUT2D eigenvalue weighted by molar-refractivity contribution is 0.415. The molecule has 5 nitrogen and oxygen atoms in total. The van der Waals surface area contributed by atoms with Crippen LogP contribution in [0.1, 0.15) is 11.3 Å². The number of anilines is 2. The van der Waals surface area contributed by atoms with Crippen molar-refractivity contribution in [2.24, 2.45) is 0 Å². The molecule has 0 unspecified atom stereocenters. The quantitative estimate of drug-likeness (QED) is 0.767. The van der Waals surface area contributed by atoms with E-state index in [9.17, 15) is 4.79 Å². The minimum absolute atomic E-state index is 0.163. The van der Waals surface area contributed by atoms with Gasteiger partial charge in [-0.05, 0) is 43.7 Å². The molecule has 0 bridgehead atoms. The summed E-state index contributed by atoms with van der Waals surface area (Å²) in [5, 5.41) is 3.10. The molecule has 0 saturated heterocycles. The van der Waals surface area contributed by atoms with E-state index in [1.807, 2.05) is 62.4 Å². The molecule has 5 heteroatoms. The van der Waals surface area contributed by atoms with Gasteiger partial charge in [-0.2, -0.15) is 0 Å². The number of aryl methyl sites for hydroxylation is 2. The Labute approximate surface area is 140 Å². The highest BCUT2D eigenvalue weighted by molar-refractivity contribution is 5.66. The fraction of sp³-hybridized carbons (Fsp3) is 0.158. The molecule has 1 heterocycles. The number of benzene rings is 2. The summed E-state index contributed by atoms with van der Waals surface area (Å²) in [4.78, 5) is 19.8. The molecule has 0 fully saturated rings. The zero-order valence-electron chi connectivity index (χ0n) is 13.9. The molecule has 122 valence electrons.